The van der Waals surface area contributed by atoms with E-state index < -0.39 is 0 Å². The fraction of sp³-hybridized carbons (Fsp3) is 0. The third-order valence-corrected chi connectivity index (χ3v) is 3.28. The molecule has 0 aromatic heterocycles. The number of nitrogens with one attached hydrogen (secondary N) is 1. The van der Waals surface area contributed by atoms with Crippen LogP contribution in [0.5, 0.6) is 5.75 Å². The molecule has 3 aromatic carbocycles. The van der Waals surface area contributed by atoms with E-state index in [0.717, 1.165) is 28.2 Å². The Kier molecular flexibility index (Phi) is 3.48. The number of rotatable bonds is 3. The van der Waals surface area contributed by atoms with Gasteiger partial charge in [0.15, 0.2) is 0 Å². The molecule has 0 saturated heterocycles. The molecule has 104 valence electrons. The first-order valence-electron chi connectivity index (χ1n) is 6.73. The molecular formula is C18H16N2O. The van der Waals surface area contributed by atoms with Gasteiger partial charge in [0, 0.05) is 17.1 Å². The Morgan fingerprint density at radius 3 is 1.57 bits per heavy atom. The molecule has 0 atom stereocenters. The maximum atomic E-state index is 9.27. The van der Waals surface area contributed by atoms with Crippen molar-refractivity contribution in [1.29, 1.82) is 0 Å². The number of hydrogen-bond acceptors (Lipinski definition) is 3. The number of benzene rings is 3. The van der Waals surface area contributed by atoms with Crippen molar-refractivity contribution < 1.29 is 5.11 Å². The second-order valence-electron chi connectivity index (χ2n) is 4.87. The molecule has 0 amide bonds. The van der Waals surface area contributed by atoms with Crippen molar-refractivity contribution in [2.45, 2.75) is 0 Å². The van der Waals surface area contributed by atoms with Crippen LogP contribution in [0.4, 0.5) is 17.1 Å². The van der Waals surface area contributed by atoms with Gasteiger partial charge in [0.1, 0.15) is 5.75 Å². The highest BCUT2D eigenvalue weighted by atomic mass is 16.3. The van der Waals surface area contributed by atoms with Gasteiger partial charge in [0.2, 0.25) is 0 Å². The van der Waals surface area contributed by atoms with Crippen LogP contribution in [0.25, 0.3) is 11.1 Å². The maximum Gasteiger partial charge on any atom is 0.115 e. The average molecular weight is 276 g/mol. The minimum Gasteiger partial charge on any atom is -0.508 e. The molecule has 3 heteroatoms. The number of nitrogens with two attached hydrogens (primary N) is 1. The van der Waals surface area contributed by atoms with E-state index in [0.29, 0.717) is 0 Å². The highest BCUT2D eigenvalue weighted by Gasteiger charge is 1.99. The Balaban J connectivity index is 1.77. The molecule has 0 radical (unpaired) electrons. The lowest BCUT2D eigenvalue weighted by molar-refractivity contribution is 0.475. The average Bonchev–Trinajstić information content (AvgIpc) is 2.51. The summed E-state index contributed by atoms with van der Waals surface area (Å²) in [7, 11) is 0. The third kappa shape index (κ3) is 3.15. The van der Waals surface area contributed by atoms with Gasteiger partial charge in [-0.1, -0.05) is 24.3 Å². The highest BCUT2D eigenvalue weighted by molar-refractivity contribution is 5.69. The zero-order valence-corrected chi connectivity index (χ0v) is 11.5. The van der Waals surface area contributed by atoms with E-state index in [9.17, 15) is 5.11 Å². The highest BCUT2D eigenvalue weighted by Crippen LogP contribution is 2.24. The Labute approximate surface area is 123 Å². The van der Waals surface area contributed by atoms with Gasteiger partial charge in [0.05, 0.1) is 0 Å². The third-order valence-electron chi connectivity index (χ3n) is 3.28. The van der Waals surface area contributed by atoms with E-state index in [1.807, 2.05) is 48.5 Å². The summed E-state index contributed by atoms with van der Waals surface area (Å²) in [5, 5.41) is 12.6. The second kappa shape index (κ2) is 5.59. The Bertz CT molecular complexity index is 717. The molecule has 0 aliphatic rings. The number of phenols is 1. The van der Waals surface area contributed by atoms with Crippen LogP contribution in [0.1, 0.15) is 0 Å². The van der Waals surface area contributed by atoms with Crippen molar-refractivity contribution >= 4 is 17.1 Å². The summed E-state index contributed by atoms with van der Waals surface area (Å²) >= 11 is 0. The number of phenolic OH excluding ortho intramolecular Hbond substituents is 1. The summed E-state index contributed by atoms with van der Waals surface area (Å²) in [4.78, 5) is 0. The van der Waals surface area contributed by atoms with Crippen molar-refractivity contribution in [3.8, 4) is 16.9 Å². The Morgan fingerprint density at radius 2 is 1.05 bits per heavy atom. The Morgan fingerprint density at radius 1 is 0.619 bits per heavy atom. The van der Waals surface area contributed by atoms with Crippen LogP contribution in [-0.2, 0) is 0 Å². The van der Waals surface area contributed by atoms with Gasteiger partial charge in [-0.05, 0) is 59.7 Å². The van der Waals surface area contributed by atoms with E-state index in [4.69, 9.17) is 5.73 Å². The van der Waals surface area contributed by atoms with Gasteiger partial charge in [-0.2, -0.15) is 0 Å². The monoisotopic (exact) mass is 276 g/mol. The smallest absolute Gasteiger partial charge is 0.115 e. The van der Waals surface area contributed by atoms with Crippen molar-refractivity contribution in [3.05, 3.63) is 72.8 Å². The summed E-state index contributed by atoms with van der Waals surface area (Å²) in [5.74, 6) is 0.263. The topological polar surface area (TPSA) is 58.3 Å². The molecule has 3 nitrogen and oxygen atoms in total. The molecule has 0 unspecified atom stereocenters. The van der Waals surface area contributed by atoms with Crippen LogP contribution >= 0.6 is 0 Å². The normalized spacial score (nSPS) is 10.3. The molecule has 0 saturated carbocycles. The minimum atomic E-state index is 0.263. The summed E-state index contributed by atoms with van der Waals surface area (Å²) in [6.45, 7) is 0. The van der Waals surface area contributed by atoms with E-state index in [1.54, 1.807) is 12.1 Å². The van der Waals surface area contributed by atoms with Crippen molar-refractivity contribution in [3.63, 3.8) is 0 Å². The molecule has 4 N–H and O–H groups in total. The van der Waals surface area contributed by atoms with Crippen LogP contribution in [0.3, 0.4) is 0 Å². The van der Waals surface area contributed by atoms with Gasteiger partial charge in [-0.25, -0.2) is 0 Å². The summed E-state index contributed by atoms with van der Waals surface area (Å²) < 4.78 is 0. The lowest BCUT2D eigenvalue weighted by Crippen LogP contribution is -1.89. The lowest BCUT2D eigenvalue weighted by Gasteiger charge is -2.08. The molecule has 0 heterocycles. The molecule has 0 aliphatic heterocycles. The van der Waals surface area contributed by atoms with E-state index >= 15 is 0 Å². The first-order valence-corrected chi connectivity index (χ1v) is 6.73. The van der Waals surface area contributed by atoms with E-state index in [2.05, 4.69) is 17.4 Å². The fourth-order valence-electron chi connectivity index (χ4n) is 2.13. The lowest BCUT2D eigenvalue weighted by atomic mass is 10.1. The number of anilines is 3. The van der Waals surface area contributed by atoms with Crippen LogP contribution in [0, 0.1) is 0 Å². The second-order valence-corrected chi connectivity index (χ2v) is 4.87. The van der Waals surface area contributed by atoms with Gasteiger partial charge >= 0.3 is 0 Å². The molecule has 3 rings (SSSR count). The van der Waals surface area contributed by atoms with Gasteiger partial charge in [-0.3, -0.25) is 0 Å². The number of aromatic hydroxyl groups is 1. The molecule has 0 aliphatic carbocycles. The summed E-state index contributed by atoms with van der Waals surface area (Å²) in [5.41, 5.74) is 10.7. The van der Waals surface area contributed by atoms with Gasteiger partial charge < -0.3 is 16.2 Å². The summed E-state index contributed by atoms with van der Waals surface area (Å²) in [6, 6.07) is 23.0. The van der Waals surface area contributed by atoms with Crippen molar-refractivity contribution in [2.75, 3.05) is 11.1 Å². The minimum absolute atomic E-state index is 0.263. The zero-order valence-electron chi connectivity index (χ0n) is 11.5. The van der Waals surface area contributed by atoms with Crippen LogP contribution in [0.15, 0.2) is 72.8 Å². The molecule has 3 aromatic rings. The zero-order chi connectivity index (χ0) is 14.7. The molecule has 0 bridgehead atoms. The van der Waals surface area contributed by atoms with Crippen LogP contribution < -0.4 is 11.1 Å². The predicted octanol–water partition coefficient (Wildman–Crippen LogP) is 4.39. The van der Waals surface area contributed by atoms with E-state index in [1.165, 1.54) is 0 Å². The first kappa shape index (κ1) is 13.1. The largest absolute Gasteiger partial charge is 0.508 e. The van der Waals surface area contributed by atoms with Gasteiger partial charge in [0.25, 0.3) is 0 Å². The van der Waals surface area contributed by atoms with Crippen molar-refractivity contribution in [1.82, 2.24) is 0 Å². The quantitative estimate of drug-likeness (QED) is 0.491. The first-order chi connectivity index (χ1) is 10.2. The SMILES string of the molecule is Nc1ccc(-c2ccc(Nc3ccc(O)cc3)cc2)cc1. The molecule has 21 heavy (non-hydrogen) atoms. The number of nitrogen functional groups attached to an aromatic ring is 1. The Hall–Kier alpha value is -2.94. The standard InChI is InChI=1S/C18H16N2O/c19-15-5-1-13(2-6-15)14-3-7-16(8-4-14)20-17-9-11-18(21)12-10-17/h1-12,20-21H,19H2. The van der Waals surface area contributed by atoms with Crippen LogP contribution in [0.2, 0.25) is 0 Å². The van der Waals surface area contributed by atoms with Crippen molar-refractivity contribution in [2.24, 2.45) is 0 Å². The molecule has 0 fully saturated rings. The summed E-state index contributed by atoms with van der Waals surface area (Å²) in [6.07, 6.45) is 0. The number of hydrogen-bond donors (Lipinski definition) is 3. The molecular weight excluding hydrogens is 260 g/mol. The molecule has 0 spiro atoms. The van der Waals surface area contributed by atoms with Crippen LogP contribution in [-0.4, -0.2) is 5.11 Å². The maximum absolute atomic E-state index is 9.27. The predicted molar refractivity (Wildman–Crippen MR) is 87.7 cm³/mol. The fourth-order valence-corrected chi connectivity index (χ4v) is 2.13. The van der Waals surface area contributed by atoms with E-state index in [-0.39, 0.29) is 5.75 Å². The van der Waals surface area contributed by atoms with Gasteiger partial charge in [-0.15, -0.1) is 0 Å².